The fraction of sp³-hybridized carbons (Fsp3) is 0.933. The average Bonchev–Trinajstić information content (AvgIpc) is 2.89. The lowest BCUT2D eigenvalue weighted by Crippen LogP contribution is -2.29. The Morgan fingerprint density at radius 3 is 1.33 bits per heavy atom. The molecule has 0 aromatic heterocycles. The summed E-state index contributed by atoms with van der Waals surface area (Å²) in [6.07, 6.45) is 24.6. The molecule has 0 aromatic rings. The Labute approximate surface area is 238 Å². The van der Waals surface area contributed by atoms with E-state index in [0.29, 0.717) is 6.42 Å². The van der Waals surface area contributed by atoms with Gasteiger partial charge in [0.25, 0.3) is 0 Å². The summed E-state index contributed by atoms with van der Waals surface area (Å²) in [7, 11) is -4.72. The molecule has 39 heavy (non-hydrogen) atoms. The molecule has 0 rings (SSSR count). The second-order valence-electron chi connectivity index (χ2n) is 10.8. The van der Waals surface area contributed by atoms with Gasteiger partial charge in [0.15, 0.2) is 6.10 Å². The van der Waals surface area contributed by atoms with Crippen LogP contribution < -0.4 is 0 Å². The quantitative estimate of drug-likeness (QED) is 0.0514. The van der Waals surface area contributed by atoms with Gasteiger partial charge >= 0.3 is 19.8 Å². The van der Waals surface area contributed by atoms with E-state index in [1.54, 1.807) is 0 Å². The first-order valence-electron chi connectivity index (χ1n) is 15.8. The van der Waals surface area contributed by atoms with E-state index in [1.165, 1.54) is 89.9 Å². The van der Waals surface area contributed by atoms with E-state index < -0.39 is 32.5 Å². The van der Waals surface area contributed by atoms with Crippen molar-refractivity contribution >= 4 is 19.8 Å². The van der Waals surface area contributed by atoms with Crippen LogP contribution in [-0.4, -0.2) is 41.0 Å². The molecule has 0 radical (unpaired) electrons. The third kappa shape index (κ3) is 29.8. The maximum atomic E-state index is 12.2. The third-order valence-corrected chi connectivity index (χ3v) is 7.36. The van der Waals surface area contributed by atoms with Gasteiger partial charge in [-0.1, -0.05) is 136 Å². The molecule has 0 heterocycles. The number of rotatable bonds is 29. The van der Waals surface area contributed by atoms with Gasteiger partial charge in [-0.05, 0) is 12.8 Å². The van der Waals surface area contributed by atoms with Gasteiger partial charge in [0.1, 0.15) is 6.61 Å². The predicted octanol–water partition coefficient (Wildman–Crippen LogP) is 8.56. The van der Waals surface area contributed by atoms with Crippen LogP contribution in [0.2, 0.25) is 0 Å². The Morgan fingerprint density at radius 1 is 0.564 bits per heavy atom. The zero-order valence-electron chi connectivity index (χ0n) is 25.0. The monoisotopic (exact) mass is 578 g/mol. The second-order valence-corrected chi connectivity index (χ2v) is 12.0. The van der Waals surface area contributed by atoms with E-state index in [2.05, 4.69) is 18.4 Å². The van der Waals surface area contributed by atoms with Crippen molar-refractivity contribution in [2.75, 3.05) is 13.2 Å². The minimum atomic E-state index is -4.72. The topological polar surface area (TPSA) is 119 Å². The van der Waals surface area contributed by atoms with Crippen molar-refractivity contribution in [2.24, 2.45) is 0 Å². The summed E-state index contributed by atoms with van der Waals surface area (Å²) < 4.78 is 25.9. The first-order valence-corrected chi connectivity index (χ1v) is 17.4. The van der Waals surface area contributed by atoms with Crippen LogP contribution in [-0.2, 0) is 28.2 Å². The Morgan fingerprint density at radius 2 is 0.923 bits per heavy atom. The van der Waals surface area contributed by atoms with E-state index in [0.717, 1.165) is 38.5 Å². The van der Waals surface area contributed by atoms with Gasteiger partial charge in [0.2, 0.25) is 0 Å². The Bertz CT molecular complexity index is 622. The van der Waals surface area contributed by atoms with Gasteiger partial charge in [0.05, 0.1) is 6.61 Å². The number of phosphoric acid groups is 1. The molecule has 0 aromatic carbocycles. The number of hydrogen-bond acceptors (Lipinski definition) is 6. The number of unbranched alkanes of at least 4 members (excludes halogenated alkanes) is 19. The van der Waals surface area contributed by atoms with Gasteiger partial charge in [-0.2, -0.15) is 0 Å². The molecule has 2 N–H and O–H groups in total. The van der Waals surface area contributed by atoms with Crippen molar-refractivity contribution in [1.82, 2.24) is 0 Å². The molecule has 0 amide bonds. The normalized spacial score (nSPS) is 12.4. The number of esters is 2. The summed E-state index contributed by atoms with van der Waals surface area (Å²) in [4.78, 5) is 42.0. The standard InChI is InChI=1S/C30H59O8P/c1-3-5-7-9-10-11-12-13-14-15-16-17-18-19-20-21-23-25-30(32)38-28(27-37-39(33,34)35)26-36-29(31)24-22-8-6-4-2/h28H,3-27H2,1-2H3,(H2,33,34,35)/t28-/m1/s1. The second kappa shape index (κ2) is 27.2. The van der Waals surface area contributed by atoms with Gasteiger partial charge in [-0.25, -0.2) is 4.57 Å². The molecule has 0 spiro atoms. The van der Waals surface area contributed by atoms with Crippen LogP contribution in [0.15, 0.2) is 0 Å². The number of phosphoric ester groups is 1. The molecular weight excluding hydrogens is 519 g/mol. The molecule has 0 fully saturated rings. The molecule has 0 bridgehead atoms. The van der Waals surface area contributed by atoms with Gasteiger partial charge in [-0.15, -0.1) is 0 Å². The van der Waals surface area contributed by atoms with Crippen LogP contribution in [0.5, 0.6) is 0 Å². The van der Waals surface area contributed by atoms with E-state index in [1.807, 2.05) is 0 Å². The highest BCUT2D eigenvalue weighted by Gasteiger charge is 2.22. The summed E-state index contributed by atoms with van der Waals surface area (Å²) in [6, 6.07) is 0. The minimum absolute atomic E-state index is 0.218. The molecule has 8 nitrogen and oxygen atoms in total. The van der Waals surface area contributed by atoms with Crippen LogP contribution in [0.4, 0.5) is 0 Å². The van der Waals surface area contributed by atoms with Crippen LogP contribution in [0.25, 0.3) is 0 Å². The molecule has 0 aliphatic carbocycles. The Balaban J connectivity index is 3.83. The number of hydrogen-bond donors (Lipinski definition) is 2. The molecule has 0 aliphatic rings. The van der Waals surface area contributed by atoms with Crippen molar-refractivity contribution in [3.8, 4) is 0 Å². The molecule has 9 heteroatoms. The van der Waals surface area contributed by atoms with E-state index in [4.69, 9.17) is 19.3 Å². The van der Waals surface area contributed by atoms with Crippen molar-refractivity contribution in [3.05, 3.63) is 0 Å². The zero-order chi connectivity index (χ0) is 29.0. The zero-order valence-corrected chi connectivity index (χ0v) is 25.9. The Kier molecular flexibility index (Phi) is 26.6. The number of ether oxygens (including phenoxy) is 2. The first kappa shape index (κ1) is 38.0. The lowest BCUT2D eigenvalue weighted by atomic mass is 10.0. The van der Waals surface area contributed by atoms with Crippen LogP contribution in [0, 0.1) is 0 Å². The fourth-order valence-corrected chi connectivity index (χ4v) is 4.85. The fourth-order valence-electron chi connectivity index (χ4n) is 4.49. The number of carbonyl (C=O) groups excluding carboxylic acids is 2. The third-order valence-electron chi connectivity index (χ3n) is 6.88. The van der Waals surface area contributed by atoms with Crippen molar-refractivity contribution in [1.29, 1.82) is 0 Å². The van der Waals surface area contributed by atoms with Crippen LogP contribution in [0.3, 0.4) is 0 Å². The summed E-state index contributed by atoms with van der Waals surface area (Å²) in [5.41, 5.74) is 0. The van der Waals surface area contributed by atoms with Crippen molar-refractivity contribution in [2.45, 2.75) is 168 Å². The van der Waals surface area contributed by atoms with Gasteiger partial charge in [-0.3, -0.25) is 14.1 Å². The van der Waals surface area contributed by atoms with Gasteiger partial charge < -0.3 is 19.3 Å². The van der Waals surface area contributed by atoms with Crippen molar-refractivity contribution in [3.63, 3.8) is 0 Å². The van der Waals surface area contributed by atoms with Crippen LogP contribution >= 0.6 is 7.82 Å². The highest BCUT2D eigenvalue weighted by Crippen LogP contribution is 2.35. The SMILES string of the molecule is CCCCCCCCCCCCCCCCCCCC(=O)O[C@H](COC(=O)CCCCCC)COP(=O)(O)O. The summed E-state index contributed by atoms with van der Waals surface area (Å²) in [5, 5.41) is 0. The van der Waals surface area contributed by atoms with Gasteiger partial charge in [0, 0.05) is 12.8 Å². The van der Waals surface area contributed by atoms with Crippen LogP contribution in [0.1, 0.15) is 162 Å². The number of carbonyl (C=O) groups is 2. The molecule has 232 valence electrons. The molecule has 0 unspecified atom stereocenters. The summed E-state index contributed by atoms with van der Waals surface area (Å²) in [6.45, 7) is 3.53. The maximum absolute atomic E-state index is 12.2. The predicted molar refractivity (Wildman–Crippen MR) is 156 cm³/mol. The van der Waals surface area contributed by atoms with Crippen molar-refractivity contribution < 1.29 is 37.9 Å². The molecular formula is C30H59O8P. The summed E-state index contributed by atoms with van der Waals surface area (Å²) in [5.74, 6) is -0.897. The molecule has 0 aliphatic heterocycles. The molecule has 0 saturated heterocycles. The molecule has 0 saturated carbocycles. The first-order chi connectivity index (χ1) is 18.8. The largest absolute Gasteiger partial charge is 0.469 e. The van der Waals surface area contributed by atoms with E-state index in [9.17, 15) is 14.2 Å². The lowest BCUT2D eigenvalue weighted by Gasteiger charge is -2.18. The smallest absolute Gasteiger partial charge is 0.462 e. The lowest BCUT2D eigenvalue weighted by molar-refractivity contribution is -0.161. The average molecular weight is 579 g/mol. The molecule has 1 atom stereocenters. The summed E-state index contributed by atoms with van der Waals surface area (Å²) >= 11 is 0. The van der Waals surface area contributed by atoms with E-state index in [-0.39, 0.29) is 19.4 Å². The minimum Gasteiger partial charge on any atom is -0.462 e. The highest BCUT2D eigenvalue weighted by atomic mass is 31.2. The Hall–Kier alpha value is -0.950. The van der Waals surface area contributed by atoms with E-state index >= 15 is 0 Å². The maximum Gasteiger partial charge on any atom is 0.469 e. The highest BCUT2D eigenvalue weighted by molar-refractivity contribution is 7.46.